The zero-order valence-corrected chi connectivity index (χ0v) is 17.9. The highest BCUT2D eigenvalue weighted by Gasteiger charge is 2.16. The summed E-state index contributed by atoms with van der Waals surface area (Å²) in [7, 11) is 0. The zero-order chi connectivity index (χ0) is 21.2. The van der Waals surface area contributed by atoms with Gasteiger partial charge in [0.1, 0.15) is 12.3 Å². The molecule has 0 atom stereocenters. The number of amides is 1. The molecule has 0 aliphatic carbocycles. The second-order valence-corrected chi connectivity index (χ2v) is 7.91. The smallest absolute Gasteiger partial charge is 0.220 e. The minimum absolute atomic E-state index is 0.0257. The highest BCUT2D eigenvalue weighted by molar-refractivity contribution is 5.98. The summed E-state index contributed by atoms with van der Waals surface area (Å²) in [5.41, 5.74) is 3.09. The van der Waals surface area contributed by atoms with Gasteiger partial charge in [-0.05, 0) is 56.0 Å². The first-order valence-electron chi connectivity index (χ1n) is 11.1. The summed E-state index contributed by atoms with van der Waals surface area (Å²) in [5, 5.41) is 2.99. The maximum atomic E-state index is 12.3. The molecule has 1 saturated heterocycles. The van der Waals surface area contributed by atoms with Crippen molar-refractivity contribution in [3.8, 4) is 5.75 Å². The second-order valence-electron chi connectivity index (χ2n) is 7.91. The number of ether oxygens (including phenoxy) is 1. The molecule has 1 aliphatic heterocycles. The van der Waals surface area contributed by atoms with Gasteiger partial charge in [-0.3, -0.25) is 9.59 Å². The maximum absolute atomic E-state index is 12.3. The predicted molar refractivity (Wildman–Crippen MR) is 118 cm³/mol. The van der Waals surface area contributed by atoms with Gasteiger partial charge in [0.2, 0.25) is 5.91 Å². The lowest BCUT2D eigenvalue weighted by Gasteiger charge is -2.24. The summed E-state index contributed by atoms with van der Waals surface area (Å²) < 4.78 is 5.39. The van der Waals surface area contributed by atoms with E-state index in [1.165, 1.54) is 43.5 Å². The lowest BCUT2D eigenvalue weighted by atomic mass is 10.0. The van der Waals surface area contributed by atoms with Gasteiger partial charge in [-0.15, -0.1) is 0 Å². The lowest BCUT2D eigenvalue weighted by molar-refractivity contribution is -0.918. The van der Waals surface area contributed by atoms with Gasteiger partial charge in [0.05, 0.1) is 19.7 Å². The van der Waals surface area contributed by atoms with Crippen molar-refractivity contribution in [3.63, 3.8) is 0 Å². The summed E-state index contributed by atoms with van der Waals surface area (Å²) in [4.78, 5) is 26.3. The van der Waals surface area contributed by atoms with Gasteiger partial charge < -0.3 is 15.0 Å². The Labute approximate surface area is 179 Å². The number of piperidine rings is 1. The first-order valence-corrected chi connectivity index (χ1v) is 11.1. The second kappa shape index (κ2) is 11.5. The molecule has 160 valence electrons. The van der Waals surface area contributed by atoms with E-state index in [1.54, 1.807) is 29.2 Å². The number of nitrogens with one attached hydrogen (secondary N) is 2. The molecule has 1 heterocycles. The molecule has 3 rings (SSSR count). The minimum Gasteiger partial charge on any atom is -0.494 e. The van der Waals surface area contributed by atoms with E-state index in [0.717, 1.165) is 12.3 Å². The Hall–Kier alpha value is -2.66. The molecule has 0 aromatic heterocycles. The fraction of sp³-hybridized carbons (Fsp3) is 0.440. The van der Waals surface area contributed by atoms with Crippen LogP contribution in [-0.4, -0.2) is 31.4 Å². The number of carbonyl (C=O) groups excluding carboxylic acids is 2. The van der Waals surface area contributed by atoms with Crippen LogP contribution in [0, 0.1) is 0 Å². The Balaban J connectivity index is 1.46. The van der Waals surface area contributed by atoms with Gasteiger partial charge in [0, 0.05) is 30.5 Å². The first kappa shape index (κ1) is 22.0. The normalized spacial score (nSPS) is 14.3. The molecule has 5 nitrogen and oxygen atoms in total. The fourth-order valence-corrected chi connectivity index (χ4v) is 3.96. The predicted octanol–water partition coefficient (Wildman–Crippen LogP) is 2.93. The Kier molecular flexibility index (Phi) is 8.45. The lowest BCUT2D eigenvalue weighted by Crippen LogP contribution is -3.11. The molecule has 1 aliphatic rings. The van der Waals surface area contributed by atoms with Crippen LogP contribution in [0.15, 0.2) is 48.5 Å². The molecule has 0 saturated carbocycles. The van der Waals surface area contributed by atoms with E-state index in [9.17, 15) is 9.59 Å². The monoisotopic (exact) mass is 409 g/mol. The number of likely N-dealkylation sites (tertiary alicyclic amines) is 1. The number of carbonyl (C=O) groups is 2. The molecule has 0 bridgehead atoms. The van der Waals surface area contributed by atoms with Gasteiger partial charge >= 0.3 is 0 Å². The summed E-state index contributed by atoms with van der Waals surface area (Å²) in [6, 6.07) is 15.4. The van der Waals surface area contributed by atoms with Crippen LogP contribution in [0.3, 0.4) is 0 Å². The van der Waals surface area contributed by atoms with Crippen molar-refractivity contribution in [1.29, 1.82) is 0 Å². The molecular weight excluding hydrogens is 376 g/mol. The fourth-order valence-electron chi connectivity index (χ4n) is 3.96. The van der Waals surface area contributed by atoms with E-state index in [2.05, 4.69) is 23.5 Å². The number of ketones is 1. The summed E-state index contributed by atoms with van der Waals surface area (Å²) in [6.45, 7) is 6.51. The van der Waals surface area contributed by atoms with Crippen molar-refractivity contribution < 1.29 is 19.2 Å². The SMILES string of the molecule is CCOc1ccc(C(=O)CCC(=O)NCc2ccccc2C[NH+]2CCCCC2)cc1. The molecule has 5 heteroatoms. The molecule has 30 heavy (non-hydrogen) atoms. The van der Waals surface area contributed by atoms with E-state index in [0.29, 0.717) is 18.7 Å². The number of quaternary nitrogens is 1. The molecule has 0 radical (unpaired) electrons. The van der Waals surface area contributed by atoms with Crippen LogP contribution in [0.25, 0.3) is 0 Å². The third kappa shape index (κ3) is 6.70. The molecule has 0 spiro atoms. The Morgan fingerprint density at radius 3 is 2.33 bits per heavy atom. The zero-order valence-electron chi connectivity index (χ0n) is 17.9. The van der Waals surface area contributed by atoms with Gasteiger partial charge in [-0.1, -0.05) is 24.3 Å². The number of rotatable bonds is 10. The van der Waals surface area contributed by atoms with Gasteiger partial charge in [0.15, 0.2) is 5.78 Å². The van der Waals surface area contributed by atoms with E-state index < -0.39 is 0 Å². The van der Waals surface area contributed by atoms with Crippen LogP contribution < -0.4 is 15.0 Å². The molecule has 2 aromatic carbocycles. The highest BCUT2D eigenvalue weighted by atomic mass is 16.5. The first-order chi connectivity index (χ1) is 14.7. The van der Waals surface area contributed by atoms with Crippen LogP contribution in [-0.2, 0) is 17.9 Å². The Morgan fingerprint density at radius 2 is 1.63 bits per heavy atom. The van der Waals surface area contributed by atoms with Crippen LogP contribution in [0.4, 0.5) is 0 Å². The Bertz CT molecular complexity index is 827. The standard InChI is InChI=1S/C25H32N2O3/c1-2-30-23-12-10-20(11-13-23)24(28)14-15-25(29)26-18-21-8-4-5-9-22(21)19-27-16-6-3-7-17-27/h4-5,8-13H,2-3,6-7,14-19H2,1H3,(H,26,29)/p+1. The minimum atomic E-state index is -0.0885. The van der Waals surface area contributed by atoms with E-state index in [-0.39, 0.29) is 24.5 Å². The third-order valence-electron chi connectivity index (χ3n) is 5.66. The molecule has 0 unspecified atom stereocenters. The molecule has 1 amide bonds. The van der Waals surface area contributed by atoms with E-state index in [1.807, 2.05) is 13.0 Å². The average Bonchev–Trinajstić information content (AvgIpc) is 2.78. The van der Waals surface area contributed by atoms with Crippen LogP contribution in [0.5, 0.6) is 5.75 Å². The molecular formula is C25H33N2O3+. The number of Topliss-reactive ketones (excluding diaryl/α,β-unsaturated/α-hetero) is 1. The third-order valence-corrected chi connectivity index (χ3v) is 5.66. The quantitative estimate of drug-likeness (QED) is 0.593. The van der Waals surface area contributed by atoms with Crippen LogP contribution in [0.1, 0.15) is 60.5 Å². The summed E-state index contributed by atoms with van der Waals surface area (Å²) in [6.07, 6.45) is 4.36. The van der Waals surface area contributed by atoms with Crippen molar-refractivity contribution in [2.75, 3.05) is 19.7 Å². The topological polar surface area (TPSA) is 59.8 Å². The maximum Gasteiger partial charge on any atom is 0.220 e. The molecule has 1 fully saturated rings. The van der Waals surface area contributed by atoms with Crippen molar-refractivity contribution in [3.05, 3.63) is 65.2 Å². The number of hydrogen-bond acceptors (Lipinski definition) is 3. The van der Waals surface area contributed by atoms with Gasteiger partial charge in [-0.25, -0.2) is 0 Å². The van der Waals surface area contributed by atoms with Gasteiger partial charge in [-0.2, -0.15) is 0 Å². The largest absolute Gasteiger partial charge is 0.494 e. The van der Waals surface area contributed by atoms with E-state index >= 15 is 0 Å². The van der Waals surface area contributed by atoms with Crippen molar-refractivity contribution >= 4 is 11.7 Å². The highest BCUT2D eigenvalue weighted by Crippen LogP contribution is 2.14. The number of benzene rings is 2. The van der Waals surface area contributed by atoms with Gasteiger partial charge in [0.25, 0.3) is 0 Å². The van der Waals surface area contributed by atoms with Crippen LogP contribution >= 0.6 is 0 Å². The van der Waals surface area contributed by atoms with Crippen molar-refractivity contribution in [2.24, 2.45) is 0 Å². The van der Waals surface area contributed by atoms with Crippen LogP contribution in [0.2, 0.25) is 0 Å². The summed E-state index contributed by atoms with van der Waals surface area (Å²) >= 11 is 0. The molecule has 2 N–H and O–H groups in total. The average molecular weight is 410 g/mol. The summed E-state index contributed by atoms with van der Waals surface area (Å²) in [5.74, 6) is 0.633. The van der Waals surface area contributed by atoms with E-state index in [4.69, 9.17) is 4.74 Å². The van der Waals surface area contributed by atoms with Crippen molar-refractivity contribution in [1.82, 2.24) is 5.32 Å². The van der Waals surface area contributed by atoms with Crippen molar-refractivity contribution in [2.45, 2.75) is 52.1 Å². The number of hydrogen-bond donors (Lipinski definition) is 2. The Morgan fingerprint density at radius 1 is 0.933 bits per heavy atom. The molecule has 2 aromatic rings.